The van der Waals surface area contributed by atoms with Gasteiger partial charge in [0.1, 0.15) is 13.2 Å². The van der Waals surface area contributed by atoms with Gasteiger partial charge in [-0.25, -0.2) is 0 Å². The van der Waals surface area contributed by atoms with Gasteiger partial charge in [0.15, 0.2) is 6.10 Å². The van der Waals surface area contributed by atoms with Crippen LogP contribution in [0, 0.1) is 0 Å². The molecule has 1 unspecified atom stereocenters. The molecule has 0 aromatic heterocycles. The Labute approximate surface area is 387 Å². The Bertz CT molecular complexity index is 1280. The number of hydrogen-bond donors (Lipinski definition) is 0. The number of unbranched alkanes of at least 4 members (excludes halogenated alkanes) is 18. The minimum Gasteiger partial charge on any atom is -0.462 e. The summed E-state index contributed by atoms with van der Waals surface area (Å²) in [5, 5.41) is 0. The van der Waals surface area contributed by atoms with E-state index < -0.39 is 12.1 Å². The summed E-state index contributed by atoms with van der Waals surface area (Å²) in [5.74, 6) is -1.08. The van der Waals surface area contributed by atoms with Crippen LogP contribution in [0.4, 0.5) is 0 Å². The maximum Gasteiger partial charge on any atom is 0.306 e. The first-order valence-electron chi connectivity index (χ1n) is 25.7. The van der Waals surface area contributed by atoms with E-state index in [-0.39, 0.29) is 38.0 Å². The Kier molecular flexibility index (Phi) is 48.0. The zero-order valence-corrected chi connectivity index (χ0v) is 40.8. The van der Waals surface area contributed by atoms with Gasteiger partial charge in [-0.1, -0.05) is 227 Å². The molecular formula is C57H94O6. The topological polar surface area (TPSA) is 78.9 Å². The molecule has 6 nitrogen and oxygen atoms in total. The number of esters is 3. The van der Waals surface area contributed by atoms with E-state index in [9.17, 15) is 14.4 Å². The first-order valence-corrected chi connectivity index (χ1v) is 25.7. The van der Waals surface area contributed by atoms with E-state index in [1.54, 1.807) is 0 Å². The van der Waals surface area contributed by atoms with Crippen LogP contribution in [0.25, 0.3) is 0 Å². The molecule has 6 heteroatoms. The van der Waals surface area contributed by atoms with E-state index in [4.69, 9.17) is 14.2 Å². The number of rotatable bonds is 45. The van der Waals surface area contributed by atoms with Gasteiger partial charge in [-0.2, -0.15) is 0 Å². The number of carbonyl (C=O) groups is 3. The van der Waals surface area contributed by atoms with Crippen LogP contribution in [0.1, 0.15) is 226 Å². The largest absolute Gasteiger partial charge is 0.462 e. The summed E-state index contributed by atoms with van der Waals surface area (Å²) in [6, 6.07) is 0. The van der Waals surface area contributed by atoms with Crippen LogP contribution in [-0.4, -0.2) is 37.2 Å². The molecular weight excluding hydrogens is 781 g/mol. The summed E-state index contributed by atoms with van der Waals surface area (Å²) in [4.78, 5) is 37.9. The third-order valence-electron chi connectivity index (χ3n) is 10.6. The summed E-state index contributed by atoms with van der Waals surface area (Å²) in [5.41, 5.74) is 0. The Balaban J connectivity index is 4.55. The molecule has 0 aliphatic rings. The lowest BCUT2D eigenvalue weighted by Gasteiger charge is -2.18. The molecule has 358 valence electrons. The second-order valence-corrected chi connectivity index (χ2v) is 16.7. The van der Waals surface area contributed by atoms with Crippen molar-refractivity contribution in [2.75, 3.05) is 13.2 Å². The Morgan fingerprint density at radius 3 is 1.06 bits per heavy atom. The molecule has 0 rings (SSSR count). The molecule has 1 atom stereocenters. The molecule has 0 saturated heterocycles. The average molecular weight is 875 g/mol. The lowest BCUT2D eigenvalue weighted by molar-refractivity contribution is -0.166. The molecule has 0 heterocycles. The van der Waals surface area contributed by atoms with E-state index >= 15 is 0 Å². The molecule has 0 N–H and O–H groups in total. The van der Waals surface area contributed by atoms with Gasteiger partial charge in [0.25, 0.3) is 0 Å². The molecule has 0 saturated carbocycles. The standard InChI is InChI=1S/C57H94O6/c1-4-7-10-13-16-19-22-25-26-27-28-29-30-33-35-38-41-44-47-50-56(59)62-53-54(63-57(60)51-48-45-42-39-36-32-24-21-18-15-12-9-6-3)52-61-55(58)49-46-43-40-37-34-31-23-20-17-14-11-8-5-2/h7,10,16,19,25-26,28-29,32-33,35-36,41-42,44-45,54H,4-6,8-9,11-15,17-18,20-24,27,30-31,34,37-40,43,46-53H2,1-3H3/b10-7+,19-16+,26-25+,29-28+,35-33+,36-32+,44-41+,45-42+. The van der Waals surface area contributed by atoms with Crippen molar-refractivity contribution in [3.8, 4) is 0 Å². The zero-order chi connectivity index (χ0) is 45.8. The molecule has 0 radical (unpaired) electrons. The van der Waals surface area contributed by atoms with Gasteiger partial charge in [0.2, 0.25) is 0 Å². The van der Waals surface area contributed by atoms with Crippen molar-refractivity contribution >= 4 is 17.9 Å². The number of allylic oxidation sites excluding steroid dienone is 16. The molecule has 0 aromatic rings. The summed E-state index contributed by atoms with van der Waals surface area (Å²) in [7, 11) is 0. The van der Waals surface area contributed by atoms with Crippen molar-refractivity contribution in [2.45, 2.75) is 232 Å². The molecule has 0 spiro atoms. The van der Waals surface area contributed by atoms with Crippen molar-refractivity contribution in [2.24, 2.45) is 0 Å². The fraction of sp³-hybridized carbons (Fsp3) is 0.667. The quantitative estimate of drug-likeness (QED) is 0.0262. The number of hydrogen-bond acceptors (Lipinski definition) is 6. The van der Waals surface area contributed by atoms with E-state index in [0.717, 1.165) is 70.6 Å². The molecule has 63 heavy (non-hydrogen) atoms. The van der Waals surface area contributed by atoms with Crippen LogP contribution in [0.2, 0.25) is 0 Å². The predicted molar refractivity (Wildman–Crippen MR) is 270 cm³/mol. The van der Waals surface area contributed by atoms with Crippen molar-refractivity contribution < 1.29 is 28.6 Å². The van der Waals surface area contributed by atoms with Crippen molar-refractivity contribution in [1.82, 2.24) is 0 Å². The third kappa shape index (κ3) is 49.2. The highest BCUT2D eigenvalue weighted by atomic mass is 16.6. The predicted octanol–water partition coefficient (Wildman–Crippen LogP) is 17.0. The lowest BCUT2D eigenvalue weighted by atomic mass is 10.0. The van der Waals surface area contributed by atoms with Crippen LogP contribution in [0.3, 0.4) is 0 Å². The normalized spacial score (nSPS) is 12.9. The second-order valence-electron chi connectivity index (χ2n) is 16.7. The van der Waals surface area contributed by atoms with Gasteiger partial charge < -0.3 is 14.2 Å². The second kappa shape index (κ2) is 51.0. The highest BCUT2D eigenvalue weighted by Gasteiger charge is 2.19. The van der Waals surface area contributed by atoms with Gasteiger partial charge >= 0.3 is 17.9 Å². The molecule has 0 aromatic carbocycles. The highest BCUT2D eigenvalue weighted by molar-refractivity contribution is 5.71. The zero-order valence-electron chi connectivity index (χ0n) is 40.8. The van der Waals surface area contributed by atoms with Crippen LogP contribution < -0.4 is 0 Å². The fourth-order valence-corrected chi connectivity index (χ4v) is 6.76. The van der Waals surface area contributed by atoms with Crippen LogP contribution >= 0.6 is 0 Å². The smallest absolute Gasteiger partial charge is 0.306 e. The first kappa shape index (κ1) is 59.3. The maximum absolute atomic E-state index is 12.7. The lowest BCUT2D eigenvalue weighted by Crippen LogP contribution is -2.30. The van der Waals surface area contributed by atoms with E-state index in [0.29, 0.717) is 19.3 Å². The van der Waals surface area contributed by atoms with Gasteiger partial charge in [-0.05, 0) is 77.0 Å². The fourth-order valence-electron chi connectivity index (χ4n) is 6.76. The van der Waals surface area contributed by atoms with Gasteiger partial charge in [0, 0.05) is 19.3 Å². The maximum atomic E-state index is 12.7. The summed E-state index contributed by atoms with van der Waals surface area (Å²) >= 11 is 0. The molecule has 0 bridgehead atoms. The van der Waals surface area contributed by atoms with Crippen LogP contribution in [0.5, 0.6) is 0 Å². The SMILES string of the molecule is CC/C=C/C/C=C/C/C=C/C/C=C/C/C=C/C/C=C/CCC(=O)OCC(COC(=O)CCCCCCCCCCCCCCC)OC(=O)CC/C=C/C/C=C/CCCCCCCC. The summed E-state index contributed by atoms with van der Waals surface area (Å²) < 4.78 is 16.6. The minimum atomic E-state index is -0.836. The van der Waals surface area contributed by atoms with Gasteiger partial charge in [-0.15, -0.1) is 0 Å². The van der Waals surface area contributed by atoms with Gasteiger partial charge in [-0.3, -0.25) is 14.4 Å². The minimum absolute atomic E-state index is 0.122. The van der Waals surface area contributed by atoms with Crippen LogP contribution in [-0.2, 0) is 28.6 Å². The Morgan fingerprint density at radius 1 is 0.333 bits per heavy atom. The number of ether oxygens (including phenoxy) is 3. The van der Waals surface area contributed by atoms with E-state index in [1.165, 1.54) is 103 Å². The third-order valence-corrected chi connectivity index (χ3v) is 10.6. The summed E-state index contributed by atoms with van der Waals surface area (Å²) in [6.07, 6.45) is 67.0. The van der Waals surface area contributed by atoms with Crippen molar-refractivity contribution in [1.29, 1.82) is 0 Å². The number of carbonyl (C=O) groups excluding carboxylic acids is 3. The molecule has 0 aliphatic carbocycles. The first-order chi connectivity index (χ1) is 31.0. The van der Waals surface area contributed by atoms with Crippen molar-refractivity contribution in [3.63, 3.8) is 0 Å². The molecule has 0 fully saturated rings. The Morgan fingerprint density at radius 2 is 0.651 bits per heavy atom. The average Bonchev–Trinajstić information content (AvgIpc) is 3.28. The van der Waals surface area contributed by atoms with Crippen molar-refractivity contribution in [3.05, 3.63) is 97.2 Å². The molecule has 0 aliphatic heterocycles. The highest BCUT2D eigenvalue weighted by Crippen LogP contribution is 2.14. The van der Waals surface area contributed by atoms with Crippen LogP contribution in [0.15, 0.2) is 97.2 Å². The van der Waals surface area contributed by atoms with Gasteiger partial charge in [0.05, 0.1) is 0 Å². The summed E-state index contributed by atoms with van der Waals surface area (Å²) in [6.45, 7) is 6.39. The monoisotopic (exact) mass is 875 g/mol. The Hall–Kier alpha value is -3.67. The van der Waals surface area contributed by atoms with E-state index in [1.807, 2.05) is 18.2 Å². The molecule has 0 amide bonds. The van der Waals surface area contributed by atoms with E-state index in [2.05, 4.69) is 99.8 Å².